The van der Waals surface area contributed by atoms with E-state index in [-0.39, 0.29) is 0 Å². The summed E-state index contributed by atoms with van der Waals surface area (Å²) in [6, 6.07) is 5.26. The van der Waals surface area contributed by atoms with Gasteiger partial charge in [-0.15, -0.1) is 0 Å². The van der Waals surface area contributed by atoms with Crippen molar-refractivity contribution in [3.63, 3.8) is 0 Å². The second-order valence-corrected chi connectivity index (χ2v) is 10.0. The van der Waals surface area contributed by atoms with Crippen LogP contribution in [0.4, 0.5) is 0 Å². The van der Waals surface area contributed by atoms with E-state index in [4.69, 9.17) is 4.98 Å². The van der Waals surface area contributed by atoms with Gasteiger partial charge in [-0.3, -0.25) is 4.90 Å². The monoisotopic (exact) mass is 378 g/mol. The SMILES string of the molecule is CCn1c(CN2CC(C)CC(C)C2)nc2cc(S(=O)(=O)N(C)C)ccc21. The zero-order valence-corrected chi connectivity index (χ0v) is 17.3. The fourth-order valence-corrected chi connectivity index (χ4v) is 5.05. The largest absolute Gasteiger partial charge is 0.327 e. The molecule has 26 heavy (non-hydrogen) atoms. The van der Waals surface area contributed by atoms with Crippen LogP contribution in [0.15, 0.2) is 23.1 Å². The molecule has 1 aromatic heterocycles. The second-order valence-electron chi connectivity index (χ2n) is 7.85. The van der Waals surface area contributed by atoms with Crippen LogP contribution in [0.2, 0.25) is 0 Å². The number of piperidine rings is 1. The van der Waals surface area contributed by atoms with Gasteiger partial charge in [0.25, 0.3) is 0 Å². The first-order chi connectivity index (χ1) is 12.2. The predicted octanol–water partition coefficient (Wildman–Crippen LogP) is 2.78. The maximum Gasteiger partial charge on any atom is 0.242 e. The van der Waals surface area contributed by atoms with Gasteiger partial charge in [-0.05, 0) is 43.4 Å². The molecule has 3 rings (SSSR count). The normalized spacial score (nSPS) is 22.4. The molecule has 0 saturated carbocycles. The molecule has 2 heterocycles. The van der Waals surface area contributed by atoms with Crippen molar-refractivity contribution in [2.45, 2.75) is 45.2 Å². The van der Waals surface area contributed by atoms with E-state index < -0.39 is 10.0 Å². The summed E-state index contributed by atoms with van der Waals surface area (Å²) >= 11 is 0. The molecule has 2 atom stereocenters. The van der Waals surface area contributed by atoms with Gasteiger partial charge in [0.15, 0.2) is 0 Å². The summed E-state index contributed by atoms with van der Waals surface area (Å²) in [5.41, 5.74) is 1.75. The van der Waals surface area contributed by atoms with Crippen molar-refractivity contribution in [3.05, 3.63) is 24.0 Å². The summed E-state index contributed by atoms with van der Waals surface area (Å²) in [7, 11) is -0.347. The number of hydrogen-bond acceptors (Lipinski definition) is 4. The fourth-order valence-electron chi connectivity index (χ4n) is 4.13. The molecule has 1 saturated heterocycles. The van der Waals surface area contributed by atoms with Crippen molar-refractivity contribution in [3.8, 4) is 0 Å². The van der Waals surface area contributed by atoms with E-state index >= 15 is 0 Å². The van der Waals surface area contributed by atoms with E-state index in [0.29, 0.717) is 16.7 Å². The Hall–Kier alpha value is -1.44. The Morgan fingerprint density at radius 1 is 1.19 bits per heavy atom. The number of likely N-dealkylation sites (tertiary alicyclic amines) is 1. The quantitative estimate of drug-likeness (QED) is 0.803. The molecule has 1 aliphatic heterocycles. The summed E-state index contributed by atoms with van der Waals surface area (Å²) < 4.78 is 28.3. The first kappa shape index (κ1) is 19.3. The molecule has 0 aliphatic carbocycles. The molecule has 6 nitrogen and oxygen atoms in total. The van der Waals surface area contributed by atoms with Crippen molar-refractivity contribution in [2.75, 3.05) is 27.2 Å². The van der Waals surface area contributed by atoms with E-state index in [0.717, 1.165) is 43.0 Å². The van der Waals surface area contributed by atoms with Crippen LogP contribution in [0.3, 0.4) is 0 Å². The van der Waals surface area contributed by atoms with Gasteiger partial charge < -0.3 is 4.57 Å². The van der Waals surface area contributed by atoms with Crippen LogP contribution in [0.1, 0.15) is 33.0 Å². The molecule has 0 bridgehead atoms. The minimum Gasteiger partial charge on any atom is -0.327 e. The Bertz CT molecular complexity index is 878. The fraction of sp³-hybridized carbons (Fsp3) is 0.632. The highest BCUT2D eigenvalue weighted by Gasteiger charge is 2.24. The van der Waals surface area contributed by atoms with Crippen LogP contribution in [-0.2, 0) is 23.1 Å². The lowest BCUT2D eigenvalue weighted by molar-refractivity contribution is 0.130. The molecule has 2 aromatic rings. The predicted molar refractivity (Wildman–Crippen MR) is 105 cm³/mol. The van der Waals surface area contributed by atoms with E-state index in [2.05, 4.69) is 30.2 Å². The molecule has 0 amide bonds. The second kappa shape index (κ2) is 7.29. The van der Waals surface area contributed by atoms with Crippen LogP contribution in [-0.4, -0.2) is 54.4 Å². The highest BCUT2D eigenvalue weighted by molar-refractivity contribution is 7.89. The average molecular weight is 379 g/mol. The molecule has 1 aromatic carbocycles. The molecule has 0 radical (unpaired) electrons. The molecular weight excluding hydrogens is 348 g/mol. The molecular formula is C19H30N4O2S. The van der Waals surface area contributed by atoms with Crippen molar-refractivity contribution in [1.82, 2.24) is 18.8 Å². The van der Waals surface area contributed by atoms with E-state index in [9.17, 15) is 8.42 Å². The van der Waals surface area contributed by atoms with Crippen LogP contribution in [0, 0.1) is 11.8 Å². The Morgan fingerprint density at radius 3 is 2.42 bits per heavy atom. The highest BCUT2D eigenvalue weighted by atomic mass is 32.2. The van der Waals surface area contributed by atoms with Gasteiger partial charge in [0.05, 0.1) is 22.5 Å². The van der Waals surface area contributed by atoms with Gasteiger partial charge in [-0.2, -0.15) is 0 Å². The van der Waals surface area contributed by atoms with E-state index in [1.807, 2.05) is 6.07 Å². The number of nitrogens with zero attached hydrogens (tertiary/aromatic N) is 4. The maximum atomic E-state index is 12.4. The standard InChI is InChI=1S/C19H30N4O2S/c1-6-23-18-8-7-16(26(24,25)21(4)5)10-17(18)20-19(23)13-22-11-14(2)9-15(3)12-22/h7-8,10,14-15H,6,9,11-13H2,1-5H3. The van der Waals surface area contributed by atoms with Crippen molar-refractivity contribution < 1.29 is 8.42 Å². The minimum absolute atomic E-state index is 0.294. The minimum atomic E-state index is -3.45. The first-order valence-electron chi connectivity index (χ1n) is 9.36. The number of hydrogen-bond donors (Lipinski definition) is 0. The number of imidazole rings is 1. The number of aryl methyl sites for hydroxylation is 1. The third-order valence-corrected chi connectivity index (χ3v) is 7.01. The molecule has 0 N–H and O–H groups in total. The summed E-state index contributed by atoms with van der Waals surface area (Å²) in [5, 5.41) is 0. The van der Waals surface area contributed by atoms with Crippen LogP contribution < -0.4 is 0 Å². The number of aromatic nitrogens is 2. The van der Waals surface area contributed by atoms with Gasteiger partial charge in [-0.25, -0.2) is 17.7 Å². The van der Waals surface area contributed by atoms with Gasteiger partial charge in [0, 0.05) is 33.7 Å². The molecule has 0 spiro atoms. The van der Waals surface area contributed by atoms with Crippen LogP contribution in [0.25, 0.3) is 11.0 Å². The van der Waals surface area contributed by atoms with Crippen molar-refractivity contribution in [2.24, 2.45) is 11.8 Å². The van der Waals surface area contributed by atoms with Gasteiger partial charge in [0.1, 0.15) is 5.82 Å². The Morgan fingerprint density at radius 2 is 1.85 bits per heavy atom. The van der Waals surface area contributed by atoms with Gasteiger partial charge in [0.2, 0.25) is 10.0 Å². The smallest absolute Gasteiger partial charge is 0.242 e. The highest BCUT2D eigenvalue weighted by Crippen LogP contribution is 2.25. The molecule has 144 valence electrons. The van der Waals surface area contributed by atoms with Crippen molar-refractivity contribution >= 4 is 21.1 Å². The Balaban J connectivity index is 1.96. The lowest BCUT2D eigenvalue weighted by atomic mass is 9.92. The summed E-state index contributed by atoms with van der Waals surface area (Å²) in [6.07, 6.45) is 1.28. The third kappa shape index (κ3) is 3.66. The Labute approximate surface area is 156 Å². The maximum absolute atomic E-state index is 12.4. The topological polar surface area (TPSA) is 58.4 Å². The molecule has 7 heteroatoms. The zero-order valence-electron chi connectivity index (χ0n) is 16.4. The average Bonchev–Trinajstić information content (AvgIpc) is 2.89. The van der Waals surface area contributed by atoms with E-state index in [1.54, 1.807) is 26.2 Å². The first-order valence-corrected chi connectivity index (χ1v) is 10.8. The third-order valence-electron chi connectivity index (χ3n) is 5.20. The molecule has 2 unspecified atom stereocenters. The lowest BCUT2D eigenvalue weighted by Gasteiger charge is -2.34. The summed E-state index contributed by atoms with van der Waals surface area (Å²) in [4.78, 5) is 7.57. The lowest BCUT2D eigenvalue weighted by Crippen LogP contribution is -2.38. The molecule has 1 aliphatic rings. The number of fused-ring (bicyclic) bond motifs is 1. The van der Waals surface area contributed by atoms with E-state index in [1.165, 1.54) is 10.7 Å². The number of rotatable bonds is 5. The summed E-state index contributed by atoms with van der Waals surface area (Å²) in [6.45, 7) is 10.6. The van der Waals surface area contributed by atoms with Gasteiger partial charge >= 0.3 is 0 Å². The van der Waals surface area contributed by atoms with Crippen LogP contribution in [0.5, 0.6) is 0 Å². The van der Waals surface area contributed by atoms with Gasteiger partial charge in [-0.1, -0.05) is 13.8 Å². The molecule has 1 fully saturated rings. The number of benzene rings is 1. The summed E-state index contributed by atoms with van der Waals surface area (Å²) in [5.74, 6) is 2.42. The van der Waals surface area contributed by atoms with Crippen LogP contribution >= 0.6 is 0 Å². The number of sulfonamides is 1. The van der Waals surface area contributed by atoms with Crippen molar-refractivity contribution in [1.29, 1.82) is 0 Å². The zero-order chi connectivity index (χ0) is 19.1. The Kier molecular flexibility index (Phi) is 5.42.